The summed E-state index contributed by atoms with van der Waals surface area (Å²) in [7, 11) is 0. The summed E-state index contributed by atoms with van der Waals surface area (Å²) >= 11 is 0. The number of benzene rings is 9. The molecule has 0 amide bonds. The van der Waals surface area contributed by atoms with E-state index >= 15 is 0 Å². The summed E-state index contributed by atoms with van der Waals surface area (Å²) in [6.07, 6.45) is 1.25. The highest BCUT2D eigenvalue weighted by atomic mass is 14.5. The number of rotatable bonds is 1. The molecule has 0 heteroatoms. The third-order valence-corrected chi connectivity index (χ3v) is 11.4. The van der Waals surface area contributed by atoms with E-state index in [0.29, 0.717) is 0 Å². The molecule has 11 rings (SSSR count). The van der Waals surface area contributed by atoms with Crippen LogP contribution in [0.1, 0.15) is 59.2 Å². The Morgan fingerprint density at radius 3 is 1.16 bits per heavy atom. The van der Waals surface area contributed by atoms with Crippen LogP contribution in [0.2, 0.25) is 0 Å². The average Bonchev–Trinajstić information content (AvgIpc) is 3.72. The second-order valence-corrected chi connectivity index (χ2v) is 15.3. The van der Waals surface area contributed by atoms with Gasteiger partial charge in [-0.3, -0.25) is 0 Å². The van der Waals surface area contributed by atoms with Crippen LogP contribution in [0.25, 0.3) is 54.9 Å². The molecule has 57 heavy (non-hydrogen) atoms. The molecule has 2 aliphatic carbocycles. The van der Waals surface area contributed by atoms with Crippen molar-refractivity contribution in [1.29, 1.82) is 0 Å². The zero-order valence-electron chi connectivity index (χ0n) is 33.8. The minimum Gasteiger partial charge on any atom is -0.0656 e. The van der Waals surface area contributed by atoms with E-state index in [-0.39, 0.29) is 5.41 Å². The predicted octanol–water partition coefficient (Wildman–Crippen LogP) is 15.7. The van der Waals surface area contributed by atoms with Gasteiger partial charge in [0.25, 0.3) is 0 Å². The van der Waals surface area contributed by atoms with E-state index in [9.17, 15) is 0 Å². The highest BCUT2D eigenvalue weighted by molar-refractivity contribution is 5.96. The van der Waals surface area contributed by atoms with Crippen molar-refractivity contribution in [1.82, 2.24) is 0 Å². The molecule has 9 aromatic rings. The van der Waals surface area contributed by atoms with Crippen molar-refractivity contribution in [2.24, 2.45) is 0 Å². The van der Waals surface area contributed by atoms with Gasteiger partial charge in [0, 0.05) is 0 Å². The van der Waals surface area contributed by atoms with Crippen molar-refractivity contribution in [3.63, 3.8) is 0 Å². The molecule has 1 spiro atoms. The van der Waals surface area contributed by atoms with Crippen molar-refractivity contribution < 1.29 is 0 Å². The first-order valence-corrected chi connectivity index (χ1v) is 20.3. The largest absolute Gasteiger partial charge is 0.0725 e. The molecule has 0 radical (unpaired) electrons. The highest BCUT2D eigenvalue weighted by Gasteiger charge is 2.51. The summed E-state index contributed by atoms with van der Waals surface area (Å²) in [6, 6.07) is 72.5. The Morgan fingerprint density at radius 2 is 0.702 bits per heavy atom. The Hall–Kier alpha value is -6.50. The van der Waals surface area contributed by atoms with E-state index in [4.69, 9.17) is 0 Å². The van der Waals surface area contributed by atoms with Crippen LogP contribution in [0.5, 0.6) is 0 Å². The Balaban J connectivity index is 0.000000148. The van der Waals surface area contributed by atoms with E-state index in [2.05, 4.69) is 235 Å². The lowest BCUT2D eigenvalue weighted by Crippen LogP contribution is -2.25. The maximum atomic E-state index is 2.44. The lowest BCUT2D eigenvalue weighted by molar-refractivity contribution is 0.794. The zero-order valence-corrected chi connectivity index (χ0v) is 33.8. The molecule has 0 saturated carbocycles. The Labute approximate surface area is 339 Å². The third-order valence-electron chi connectivity index (χ3n) is 11.4. The van der Waals surface area contributed by atoms with E-state index in [1.807, 2.05) is 0 Å². The van der Waals surface area contributed by atoms with Gasteiger partial charge in [0.05, 0.1) is 5.41 Å². The molecule has 0 fully saturated rings. The molecule has 0 aliphatic heterocycles. The number of fused-ring (bicyclic) bond motifs is 12. The fourth-order valence-electron chi connectivity index (χ4n) is 8.80. The maximum absolute atomic E-state index is 2.44. The Bertz CT molecular complexity index is 2670. The zero-order chi connectivity index (χ0) is 39.4. The lowest BCUT2D eigenvalue weighted by Gasteiger charge is -2.30. The summed E-state index contributed by atoms with van der Waals surface area (Å²) in [4.78, 5) is 0. The van der Waals surface area contributed by atoms with Gasteiger partial charge in [-0.15, -0.1) is 0 Å². The fourth-order valence-corrected chi connectivity index (χ4v) is 8.80. The van der Waals surface area contributed by atoms with Gasteiger partial charge in [0.1, 0.15) is 0 Å². The summed E-state index contributed by atoms with van der Waals surface area (Å²) in [5.41, 5.74) is 17.3. The van der Waals surface area contributed by atoms with Gasteiger partial charge in [0.2, 0.25) is 0 Å². The van der Waals surface area contributed by atoms with Gasteiger partial charge >= 0.3 is 0 Å². The molecule has 0 bridgehead atoms. The van der Waals surface area contributed by atoms with Crippen LogP contribution in [0.3, 0.4) is 0 Å². The van der Waals surface area contributed by atoms with Crippen LogP contribution in [-0.4, -0.2) is 0 Å². The second kappa shape index (κ2) is 16.3. The molecule has 0 unspecified atom stereocenters. The number of hydrogen-bond acceptors (Lipinski definition) is 0. The first-order chi connectivity index (χ1) is 27.9. The van der Waals surface area contributed by atoms with Crippen LogP contribution in [0.15, 0.2) is 200 Å². The van der Waals surface area contributed by atoms with Crippen LogP contribution < -0.4 is 0 Å². The number of aryl methyl sites for hydroxylation is 3. The first-order valence-electron chi connectivity index (χ1n) is 20.3. The quantitative estimate of drug-likeness (QED) is 0.158. The van der Waals surface area contributed by atoms with Crippen molar-refractivity contribution >= 4 is 21.5 Å². The molecular formula is C57H50. The first kappa shape index (κ1) is 37.4. The van der Waals surface area contributed by atoms with Crippen LogP contribution in [-0.2, 0) is 5.41 Å². The monoisotopic (exact) mass is 734 g/mol. The van der Waals surface area contributed by atoms with Gasteiger partial charge in [-0.1, -0.05) is 220 Å². The number of hydrogen-bond donors (Lipinski definition) is 0. The fraction of sp³-hybridized carbons (Fsp3) is 0.123. The summed E-state index contributed by atoms with van der Waals surface area (Å²) < 4.78 is 0. The smallest absolute Gasteiger partial charge is 0.0656 e. The third kappa shape index (κ3) is 6.87. The van der Waals surface area contributed by atoms with Crippen molar-refractivity contribution in [3.05, 3.63) is 239 Å². The van der Waals surface area contributed by atoms with Crippen molar-refractivity contribution in [3.8, 4) is 33.4 Å². The Kier molecular flexibility index (Phi) is 10.7. The normalized spacial score (nSPS) is 12.2. The summed E-state index contributed by atoms with van der Waals surface area (Å²) in [6.45, 7) is 10.7. The lowest BCUT2D eigenvalue weighted by atomic mass is 9.70. The predicted molar refractivity (Wildman–Crippen MR) is 246 cm³/mol. The average molecular weight is 735 g/mol. The van der Waals surface area contributed by atoms with E-state index in [0.717, 1.165) is 0 Å². The molecule has 9 aromatic carbocycles. The molecule has 0 N–H and O–H groups in total. The molecule has 0 aromatic heterocycles. The SMILES string of the molecule is CCC.Cc1ccc(-c2ccc3c(c2)C2(c4ccccc4-c4ccccc42)c2ccccc2-3)cc1.Cc1cccc2ccccc12.Cc1cccc2ccccc12. The molecular weight excluding hydrogens is 685 g/mol. The highest BCUT2D eigenvalue weighted by Crippen LogP contribution is 2.62. The maximum Gasteiger partial charge on any atom is 0.0725 e. The molecule has 278 valence electrons. The van der Waals surface area contributed by atoms with Crippen LogP contribution in [0, 0.1) is 20.8 Å². The summed E-state index contributed by atoms with van der Waals surface area (Å²) in [5.74, 6) is 0. The van der Waals surface area contributed by atoms with Crippen molar-refractivity contribution in [2.45, 2.75) is 46.5 Å². The summed E-state index contributed by atoms with van der Waals surface area (Å²) in [5, 5.41) is 5.37. The minimum absolute atomic E-state index is 0.264. The molecule has 0 nitrogen and oxygen atoms in total. The van der Waals surface area contributed by atoms with Crippen molar-refractivity contribution in [2.75, 3.05) is 0 Å². The van der Waals surface area contributed by atoms with E-state index in [1.165, 1.54) is 100 Å². The standard InChI is InChI=1S/C32H22.2C11H10.C3H8/c1-21-14-16-22(17-15-21)23-18-19-27-26-10-4-7-13-30(26)32(31(27)20-23)28-11-5-2-8-24(28)25-9-3-6-12-29(25)32;2*1-9-5-4-7-10-6-2-3-8-11(9)10;1-3-2/h2-20H,1H3;2*2-8H,1H3;3H2,1-2H3. The van der Waals surface area contributed by atoms with Gasteiger partial charge < -0.3 is 0 Å². The van der Waals surface area contributed by atoms with Gasteiger partial charge in [-0.05, 0) is 115 Å². The van der Waals surface area contributed by atoms with Crippen LogP contribution >= 0.6 is 0 Å². The Morgan fingerprint density at radius 1 is 0.333 bits per heavy atom. The minimum atomic E-state index is -0.264. The van der Waals surface area contributed by atoms with Crippen LogP contribution in [0.4, 0.5) is 0 Å². The molecule has 0 saturated heterocycles. The van der Waals surface area contributed by atoms with E-state index in [1.54, 1.807) is 0 Å². The van der Waals surface area contributed by atoms with Gasteiger partial charge in [-0.2, -0.15) is 0 Å². The molecule has 0 heterocycles. The van der Waals surface area contributed by atoms with Gasteiger partial charge in [0.15, 0.2) is 0 Å². The molecule has 0 atom stereocenters. The molecule has 2 aliphatic rings. The van der Waals surface area contributed by atoms with Gasteiger partial charge in [-0.25, -0.2) is 0 Å². The second-order valence-electron chi connectivity index (χ2n) is 15.3. The topological polar surface area (TPSA) is 0 Å². The van der Waals surface area contributed by atoms with E-state index < -0.39 is 0 Å².